The van der Waals surface area contributed by atoms with Crippen LogP contribution in [0.15, 0.2) is 0 Å². The van der Waals surface area contributed by atoms with Gasteiger partial charge in [-0.2, -0.15) is 0 Å². The van der Waals surface area contributed by atoms with Crippen LogP contribution in [-0.2, 0) is 0 Å². The summed E-state index contributed by atoms with van der Waals surface area (Å²) in [6.07, 6.45) is 0. The SMILES string of the molecule is CNC(C[SiH3])(C(C)(C)C)C(C)(C)C. The third kappa shape index (κ3) is 2.16. The summed E-state index contributed by atoms with van der Waals surface area (Å²) in [7, 11) is 3.36. The highest BCUT2D eigenvalue weighted by atomic mass is 28.1. The van der Waals surface area contributed by atoms with Gasteiger partial charge in [-0.15, -0.1) is 0 Å². The molecular weight excluding hydrogens is 174 g/mol. The molecule has 0 aliphatic heterocycles. The molecule has 2 heteroatoms. The van der Waals surface area contributed by atoms with Crippen molar-refractivity contribution < 1.29 is 0 Å². The first kappa shape index (κ1) is 13.2. The minimum atomic E-state index is 0.270. The Kier molecular flexibility index (Phi) is 3.79. The molecule has 0 aromatic rings. The number of hydrogen-bond acceptors (Lipinski definition) is 1. The topological polar surface area (TPSA) is 12.0 Å². The number of nitrogens with one attached hydrogen (secondary N) is 1. The fraction of sp³-hybridized carbons (Fsp3) is 1.00. The number of hydrogen-bond donors (Lipinski definition) is 1. The minimum Gasteiger partial charge on any atom is -0.314 e. The Labute approximate surface area is 87.1 Å². The molecule has 1 nitrogen and oxygen atoms in total. The van der Waals surface area contributed by atoms with Crippen LogP contribution in [0.25, 0.3) is 0 Å². The lowest BCUT2D eigenvalue weighted by molar-refractivity contribution is 0.0466. The van der Waals surface area contributed by atoms with Gasteiger partial charge in [0.05, 0.1) is 0 Å². The van der Waals surface area contributed by atoms with E-state index in [9.17, 15) is 0 Å². The molecule has 0 atom stereocenters. The Morgan fingerprint density at radius 2 is 1.23 bits per heavy atom. The highest BCUT2D eigenvalue weighted by Gasteiger charge is 2.47. The molecule has 80 valence electrons. The van der Waals surface area contributed by atoms with Crippen LogP contribution in [0.2, 0.25) is 6.04 Å². The van der Waals surface area contributed by atoms with E-state index in [0.29, 0.717) is 10.8 Å². The van der Waals surface area contributed by atoms with Gasteiger partial charge in [0, 0.05) is 15.8 Å². The highest BCUT2D eigenvalue weighted by Crippen LogP contribution is 2.45. The van der Waals surface area contributed by atoms with E-state index in [-0.39, 0.29) is 5.54 Å². The minimum absolute atomic E-state index is 0.270. The molecule has 0 aromatic heterocycles. The molecule has 0 saturated carbocycles. The largest absolute Gasteiger partial charge is 0.314 e. The maximum atomic E-state index is 3.58. The Morgan fingerprint density at radius 3 is 1.23 bits per heavy atom. The van der Waals surface area contributed by atoms with Gasteiger partial charge in [0.25, 0.3) is 0 Å². The van der Waals surface area contributed by atoms with E-state index in [1.807, 2.05) is 0 Å². The molecular formula is C11H27NSi. The third-order valence-electron chi connectivity index (χ3n) is 3.52. The summed E-state index contributed by atoms with van der Waals surface area (Å²) in [6, 6.07) is 1.30. The second kappa shape index (κ2) is 3.74. The van der Waals surface area contributed by atoms with Crippen LogP contribution in [0.4, 0.5) is 0 Å². The second-order valence-corrected chi connectivity index (χ2v) is 6.72. The molecule has 0 spiro atoms. The summed E-state index contributed by atoms with van der Waals surface area (Å²) in [6.45, 7) is 14.0. The predicted octanol–water partition coefficient (Wildman–Crippen LogP) is 1.82. The number of rotatable bonds is 2. The van der Waals surface area contributed by atoms with Crippen LogP contribution < -0.4 is 5.32 Å². The molecule has 0 fully saturated rings. The van der Waals surface area contributed by atoms with Crippen LogP contribution in [0, 0.1) is 10.8 Å². The van der Waals surface area contributed by atoms with E-state index >= 15 is 0 Å². The smallest absolute Gasteiger partial charge is 0.0244 e. The molecule has 0 unspecified atom stereocenters. The van der Waals surface area contributed by atoms with Gasteiger partial charge in [-0.3, -0.25) is 0 Å². The molecule has 1 N–H and O–H groups in total. The van der Waals surface area contributed by atoms with Crippen molar-refractivity contribution in [1.29, 1.82) is 0 Å². The van der Waals surface area contributed by atoms with Crippen molar-refractivity contribution >= 4 is 10.2 Å². The first-order chi connectivity index (χ1) is 5.62. The van der Waals surface area contributed by atoms with Gasteiger partial charge in [0.15, 0.2) is 0 Å². The molecule has 0 amide bonds. The van der Waals surface area contributed by atoms with Gasteiger partial charge < -0.3 is 5.32 Å². The standard InChI is InChI=1S/C11H27NSi/c1-9(2,3)11(8-13,12-7)10(4,5)6/h12H,8H2,1-7,13H3. The van der Waals surface area contributed by atoms with Crippen molar-refractivity contribution in [2.75, 3.05) is 7.05 Å². The van der Waals surface area contributed by atoms with E-state index in [0.717, 1.165) is 0 Å². The molecule has 0 saturated heterocycles. The Hall–Kier alpha value is 0.177. The van der Waals surface area contributed by atoms with Crippen molar-refractivity contribution in [2.24, 2.45) is 10.8 Å². The van der Waals surface area contributed by atoms with Crippen molar-refractivity contribution in [2.45, 2.75) is 53.1 Å². The molecule has 0 radical (unpaired) electrons. The van der Waals surface area contributed by atoms with Crippen LogP contribution in [-0.4, -0.2) is 22.8 Å². The summed E-state index contributed by atoms with van der Waals surface area (Å²) >= 11 is 0. The first-order valence-electron chi connectivity index (χ1n) is 5.31. The van der Waals surface area contributed by atoms with E-state index in [1.54, 1.807) is 0 Å². The third-order valence-corrected chi connectivity index (χ3v) is 4.58. The maximum Gasteiger partial charge on any atom is 0.0244 e. The Morgan fingerprint density at radius 1 is 0.923 bits per heavy atom. The van der Waals surface area contributed by atoms with Crippen LogP contribution >= 0.6 is 0 Å². The van der Waals surface area contributed by atoms with Gasteiger partial charge >= 0.3 is 0 Å². The lowest BCUT2D eigenvalue weighted by Crippen LogP contribution is -2.61. The molecule has 0 aliphatic carbocycles. The van der Waals surface area contributed by atoms with E-state index in [4.69, 9.17) is 0 Å². The summed E-state index contributed by atoms with van der Waals surface area (Å²) in [5, 5.41) is 3.58. The van der Waals surface area contributed by atoms with E-state index < -0.39 is 0 Å². The molecule has 0 bridgehead atoms. The molecule has 13 heavy (non-hydrogen) atoms. The van der Waals surface area contributed by atoms with Crippen molar-refractivity contribution in [3.63, 3.8) is 0 Å². The average Bonchev–Trinajstić information content (AvgIpc) is 1.84. The lowest BCUT2D eigenvalue weighted by Gasteiger charge is -2.53. The van der Waals surface area contributed by atoms with Crippen LogP contribution in [0.5, 0.6) is 0 Å². The first-order valence-corrected chi connectivity index (χ1v) is 6.72. The molecule has 0 aliphatic rings. The van der Waals surface area contributed by atoms with Crippen molar-refractivity contribution in [3.05, 3.63) is 0 Å². The summed E-state index contributed by atoms with van der Waals surface area (Å²) < 4.78 is 0. The predicted molar refractivity (Wildman–Crippen MR) is 65.4 cm³/mol. The average molecular weight is 201 g/mol. The van der Waals surface area contributed by atoms with Gasteiger partial charge in [-0.1, -0.05) is 41.5 Å². The van der Waals surface area contributed by atoms with Gasteiger partial charge in [0.1, 0.15) is 0 Å². The van der Waals surface area contributed by atoms with E-state index in [2.05, 4.69) is 53.9 Å². The fourth-order valence-corrected chi connectivity index (χ4v) is 5.59. The van der Waals surface area contributed by atoms with Crippen LogP contribution in [0.1, 0.15) is 41.5 Å². The molecule has 0 heterocycles. The molecule has 0 rings (SSSR count). The fourth-order valence-electron chi connectivity index (χ4n) is 3.11. The van der Waals surface area contributed by atoms with Gasteiger partial charge in [0.2, 0.25) is 0 Å². The van der Waals surface area contributed by atoms with Crippen molar-refractivity contribution in [3.8, 4) is 0 Å². The summed E-state index contributed by atoms with van der Waals surface area (Å²) in [4.78, 5) is 0. The maximum absolute atomic E-state index is 3.58. The Balaban J connectivity index is 5.17. The zero-order valence-electron chi connectivity index (χ0n) is 10.7. The van der Waals surface area contributed by atoms with Crippen molar-refractivity contribution in [1.82, 2.24) is 5.32 Å². The van der Waals surface area contributed by atoms with E-state index in [1.165, 1.54) is 16.3 Å². The van der Waals surface area contributed by atoms with Gasteiger partial charge in [-0.05, 0) is 23.9 Å². The highest BCUT2D eigenvalue weighted by molar-refractivity contribution is 6.09. The Bertz CT molecular complexity index is 142. The zero-order valence-corrected chi connectivity index (χ0v) is 12.7. The second-order valence-electron chi connectivity index (χ2n) is 6.01. The summed E-state index contributed by atoms with van der Waals surface area (Å²) in [5.41, 5.74) is 0.912. The van der Waals surface area contributed by atoms with Gasteiger partial charge in [-0.25, -0.2) is 0 Å². The monoisotopic (exact) mass is 201 g/mol. The zero-order chi connectivity index (χ0) is 10.9. The van der Waals surface area contributed by atoms with Crippen LogP contribution in [0.3, 0.4) is 0 Å². The lowest BCUT2D eigenvalue weighted by atomic mass is 9.61. The molecule has 0 aromatic carbocycles. The normalized spacial score (nSPS) is 15.0. The quantitative estimate of drug-likeness (QED) is 0.672. The summed E-state index contributed by atoms with van der Waals surface area (Å²) in [5.74, 6) is 0.